The van der Waals surface area contributed by atoms with Crippen LogP contribution in [0.5, 0.6) is 5.75 Å². The van der Waals surface area contributed by atoms with Gasteiger partial charge < -0.3 is 15.0 Å². The summed E-state index contributed by atoms with van der Waals surface area (Å²) in [6, 6.07) is 0. The molecule has 0 amide bonds. The highest BCUT2D eigenvalue weighted by atomic mass is 79.9. The van der Waals surface area contributed by atoms with Crippen LogP contribution in [0, 0.1) is 0 Å². The zero-order chi connectivity index (χ0) is 10.4. The van der Waals surface area contributed by atoms with Gasteiger partial charge in [0.05, 0.1) is 23.7 Å². The van der Waals surface area contributed by atoms with E-state index in [1.54, 1.807) is 6.20 Å². The van der Waals surface area contributed by atoms with Crippen molar-refractivity contribution < 1.29 is 4.74 Å². The van der Waals surface area contributed by atoms with Crippen LogP contribution in [-0.4, -0.2) is 16.2 Å². The Morgan fingerprint density at radius 3 is 3.27 bits per heavy atom. The van der Waals surface area contributed by atoms with Gasteiger partial charge in [0, 0.05) is 17.2 Å². The number of halogens is 1. The van der Waals surface area contributed by atoms with Crippen molar-refractivity contribution in [3.8, 4) is 5.75 Å². The Bertz CT molecular complexity index is 535. The first kappa shape index (κ1) is 9.03. The van der Waals surface area contributed by atoms with Crippen LogP contribution < -0.4 is 10.5 Å². The molecule has 0 saturated heterocycles. The van der Waals surface area contributed by atoms with E-state index in [0.29, 0.717) is 5.82 Å². The normalized spacial score (nSPS) is 15.0. The molecule has 78 valence electrons. The Balaban J connectivity index is 2.45. The molecule has 0 aromatic carbocycles. The summed E-state index contributed by atoms with van der Waals surface area (Å²) in [7, 11) is 0. The third-order valence-electron chi connectivity index (χ3n) is 2.64. The van der Waals surface area contributed by atoms with Crippen LogP contribution >= 0.6 is 15.9 Å². The maximum atomic E-state index is 5.86. The van der Waals surface area contributed by atoms with Crippen LogP contribution in [0.25, 0.3) is 10.9 Å². The van der Waals surface area contributed by atoms with Crippen molar-refractivity contribution in [1.29, 1.82) is 0 Å². The van der Waals surface area contributed by atoms with Crippen molar-refractivity contribution in [2.24, 2.45) is 0 Å². The molecule has 2 N–H and O–H groups in total. The molecule has 0 atom stereocenters. The number of hydrogen-bond acceptors (Lipinski definition) is 3. The Hall–Kier alpha value is -1.23. The van der Waals surface area contributed by atoms with Gasteiger partial charge in [0.15, 0.2) is 5.75 Å². The van der Waals surface area contributed by atoms with Crippen LogP contribution in [0.1, 0.15) is 6.42 Å². The molecule has 1 aliphatic heterocycles. The smallest absolute Gasteiger partial charge is 0.162 e. The second-order valence-electron chi connectivity index (χ2n) is 3.60. The van der Waals surface area contributed by atoms with Gasteiger partial charge in [0.25, 0.3) is 0 Å². The van der Waals surface area contributed by atoms with E-state index in [-0.39, 0.29) is 0 Å². The van der Waals surface area contributed by atoms with Crippen LogP contribution in [-0.2, 0) is 6.54 Å². The van der Waals surface area contributed by atoms with E-state index >= 15 is 0 Å². The molecule has 0 radical (unpaired) electrons. The lowest BCUT2D eigenvalue weighted by Gasteiger charge is -2.05. The van der Waals surface area contributed by atoms with Crippen LogP contribution in [0.2, 0.25) is 0 Å². The van der Waals surface area contributed by atoms with E-state index in [1.807, 2.05) is 6.20 Å². The molecule has 0 saturated carbocycles. The molecule has 0 aliphatic carbocycles. The highest BCUT2D eigenvalue weighted by Gasteiger charge is 2.17. The number of pyridine rings is 1. The summed E-state index contributed by atoms with van der Waals surface area (Å²) in [5.41, 5.74) is 6.91. The molecule has 0 bridgehead atoms. The number of rotatable bonds is 0. The quantitative estimate of drug-likeness (QED) is 0.796. The Kier molecular flexibility index (Phi) is 1.88. The van der Waals surface area contributed by atoms with E-state index < -0.39 is 0 Å². The second-order valence-corrected chi connectivity index (χ2v) is 4.46. The number of ether oxygens (including phenoxy) is 1. The summed E-state index contributed by atoms with van der Waals surface area (Å²) in [6.07, 6.45) is 4.75. The van der Waals surface area contributed by atoms with Gasteiger partial charge in [-0.05, 0) is 22.4 Å². The first-order valence-electron chi connectivity index (χ1n) is 4.83. The second kappa shape index (κ2) is 3.13. The number of aryl methyl sites for hydroxylation is 1. The maximum absolute atomic E-state index is 5.86. The fraction of sp³-hybridized carbons (Fsp3) is 0.300. The fourth-order valence-corrected chi connectivity index (χ4v) is 2.62. The number of nitrogens with two attached hydrogens (primary N) is 1. The molecule has 4 nitrogen and oxygen atoms in total. The molecule has 2 aromatic rings. The van der Waals surface area contributed by atoms with Gasteiger partial charge in [-0.25, -0.2) is 4.98 Å². The minimum absolute atomic E-state index is 0.546. The lowest BCUT2D eigenvalue weighted by Crippen LogP contribution is -1.97. The van der Waals surface area contributed by atoms with Gasteiger partial charge in [-0.15, -0.1) is 0 Å². The third-order valence-corrected chi connectivity index (χ3v) is 3.24. The van der Waals surface area contributed by atoms with Gasteiger partial charge in [-0.1, -0.05) is 0 Å². The van der Waals surface area contributed by atoms with Crippen molar-refractivity contribution in [3.05, 3.63) is 16.9 Å². The summed E-state index contributed by atoms with van der Waals surface area (Å²) in [5.74, 6) is 1.37. The minimum Gasteiger partial charge on any atom is -0.490 e. The van der Waals surface area contributed by atoms with Crippen molar-refractivity contribution >= 4 is 32.7 Å². The molecule has 0 fully saturated rings. The molecule has 1 aliphatic rings. The lowest BCUT2D eigenvalue weighted by molar-refractivity contribution is 0.315. The summed E-state index contributed by atoms with van der Waals surface area (Å²) in [5, 5.41) is 0.953. The predicted octanol–water partition coefficient (Wildman–Crippen LogP) is 2.16. The van der Waals surface area contributed by atoms with Crippen LogP contribution in [0.3, 0.4) is 0 Å². The Morgan fingerprint density at radius 1 is 1.53 bits per heavy atom. The van der Waals surface area contributed by atoms with E-state index in [1.165, 1.54) is 0 Å². The molecule has 0 unspecified atom stereocenters. The SMILES string of the molecule is Nc1ncc2c3c1c(Br)cn3CCCO2. The highest BCUT2D eigenvalue weighted by molar-refractivity contribution is 9.10. The first-order chi connectivity index (χ1) is 7.27. The zero-order valence-electron chi connectivity index (χ0n) is 8.03. The molecule has 2 aromatic heterocycles. The summed E-state index contributed by atoms with van der Waals surface area (Å²) < 4.78 is 8.78. The highest BCUT2D eigenvalue weighted by Crippen LogP contribution is 2.36. The van der Waals surface area contributed by atoms with Gasteiger partial charge in [-0.3, -0.25) is 0 Å². The number of nitrogens with zero attached hydrogens (tertiary/aromatic N) is 2. The molecule has 3 rings (SSSR count). The van der Waals surface area contributed by atoms with Gasteiger partial charge in [0.2, 0.25) is 0 Å². The van der Waals surface area contributed by atoms with Gasteiger partial charge >= 0.3 is 0 Å². The van der Waals surface area contributed by atoms with E-state index in [4.69, 9.17) is 10.5 Å². The van der Waals surface area contributed by atoms with Crippen molar-refractivity contribution in [2.45, 2.75) is 13.0 Å². The summed E-state index contributed by atoms with van der Waals surface area (Å²) in [4.78, 5) is 4.14. The lowest BCUT2D eigenvalue weighted by atomic mass is 10.3. The van der Waals surface area contributed by atoms with Gasteiger partial charge in [0.1, 0.15) is 5.82 Å². The van der Waals surface area contributed by atoms with Crippen molar-refractivity contribution in [1.82, 2.24) is 9.55 Å². The van der Waals surface area contributed by atoms with E-state index in [0.717, 1.165) is 40.7 Å². The Morgan fingerprint density at radius 2 is 2.40 bits per heavy atom. The van der Waals surface area contributed by atoms with E-state index in [2.05, 4.69) is 25.5 Å². The largest absolute Gasteiger partial charge is 0.490 e. The topological polar surface area (TPSA) is 53.1 Å². The standard InChI is InChI=1S/C10H10BrN3O/c11-6-5-14-2-1-3-15-7-4-13-10(12)8(6)9(7)14/h4-5H,1-3H2,(H2,12,13). The monoisotopic (exact) mass is 267 g/mol. The predicted molar refractivity (Wildman–Crippen MR) is 62.0 cm³/mol. The molecular formula is C10H10BrN3O. The summed E-state index contributed by atoms with van der Waals surface area (Å²) in [6.45, 7) is 1.69. The van der Waals surface area contributed by atoms with Crippen LogP contribution in [0.15, 0.2) is 16.9 Å². The average Bonchev–Trinajstić information content (AvgIpc) is 2.43. The zero-order valence-corrected chi connectivity index (χ0v) is 9.62. The number of hydrogen-bond donors (Lipinski definition) is 1. The number of anilines is 1. The molecule has 3 heterocycles. The number of nitrogen functional groups attached to an aromatic ring is 1. The first-order valence-corrected chi connectivity index (χ1v) is 5.62. The van der Waals surface area contributed by atoms with Crippen molar-refractivity contribution in [2.75, 3.05) is 12.3 Å². The maximum Gasteiger partial charge on any atom is 0.162 e. The van der Waals surface area contributed by atoms with Gasteiger partial charge in [-0.2, -0.15) is 0 Å². The fourth-order valence-electron chi connectivity index (χ4n) is 1.98. The molecule has 15 heavy (non-hydrogen) atoms. The van der Waals surface area contributed by atoms with Crippen LogP contribution in [0.4, 0.5) is 5.82 Å². The van der Waals surface area contributed by atoms with E-state index in [9.17, 15) is 0 Å². The number of aromatic nitrogens is 2. The minimum atomic E-state index is 0.546. The third kappa shape index (κ3) is 1.23. The molecule has 0 spiro atoms. The molecular weight excluding hydrogens is 258 g/mol. The molecule has 5 heteroatoms. The average molecular weight is 268 g/mol. The summed E-state index contributed by atoms with van der Waals surface area (Å²) >= 11 is 3.50. The van der Waals surface area contributed by atoms with Crippen molar-refractivity contribution in [3.63, 3.8) is 0 Å². The Labute approximate surface area is 95.2 Å².